The molecule has 1 aromatic heterocycles. The van der Waals surface area contributed by atoms with E-state index in [1.165, 1.54) is 18.3 Å². The molecule has 0 saturated carbocycles. The van der Waals surface area contributed by atoms with Gasteiger partial charge in [-0.15, -0.1) is 11.6 Å². The summed E-state index contributed by atoms with van der Waals surface area (Å²) in [7, 11) is 0. The predicted molar refractivity (Wildman–Crippen MR) is 99.9 cm³/mol. The van der Waals surface area contributed by atoms with E-state index in [1.807, 2.05) is 0 Å². The first kappa shape index (κ1) is 23.3. The summed E-state index contributed by atoms with van der Waals surface area (Å²) in [4.78, 5) is 27.0. The number of carbonyl (C=O) groups excluding carboxylic acids is 2. The molecule has 1 heterocycles. The third-order valence-corrected chi connectivity index (χ3v) is 3.81. The topological polar surface area (TPSA) is 101 Å². The summed E-state index contributed by atoms with van der Waals surface area (Å²) >= 11 is 5.62. The average molecular weight is 404 g/mol. The van der Waals surface area contributed by atoms with Crippen molar-refractivity contribution in [3.8, 4) is 0 Å². The standard InChI is InChI=1S/C18H27ClFN3O4/c1-18(2,3)27-17(26)22-9-5-4-8-13(14(24)11-19)23-16(25)12-7-6-10-21-15(12)20/h6-7,10,13,16,23,25H,4-5,8-9,11H2,1-3H3,(H,22,26)/t13-,16?/m0/s1. The van der Waals surface area contributed by atoms with Crippen LogP contribution in [0.3, 0.4) is 0 Å². The number of halogens is 2. The number of carbonyl (C=O) groups is 2. The van der Waals surface area contributed by atoms with Gasteiger partial charge in [0, 0.05) is 12.7 Å². The summed E-state index contributed by atoms with van der Waals surface area (Å²) in [5.41, 5.74) is -0.611. The lowest BCUT2D eigenvalue weighted by Crippen LogP contribution is -2.40. The smallest absolute Gasteiger partial charge is 0.407 e. The van der Waals surface area contributed by atoms with Crippen LogP contribution >= 0.6 is 11.6 Å². The highest BCUT2D eigenvalue weighted by Gasteiger charge is 2.23. The number of aromatic nitrogens is 1. The van der Waals surface area contributed by atoms with E-state index < -0.39 is 29.9 Å². The predicted octanol–water partition coefficient (Wildman–Crippen LogP) is 2.67. The average Bonchev–Trinajstić information content (AvgIpc) is 2.58. The van der Waals surface area contributed by atoms with Gasteiger partial charge in [0.1, 0.15) is 11.8 Å². The molecule has 1 unspecified atom stereocenters. The zero-order chi connectivity index (χ0) is 20.4. The monoisotopic (exact) mass is 403 g/mol. The number of aliphatic hydroxyl groups excluding tert-OH is 1. The second kappa shape index (κ2) is 11.2. The number of alkyl halides is 1. The number of unbranched alkanes of at least 4 members (excludes halogenated alkanes) is 1. The SMILES string of the molecule is CC(C)(C)OC(=O)NCCCC[C@H](NC(O)c1cccnc1F)C(=O)CCl. The molecule has 0 fully saturated rings. The maximum absolute atomic E-state index is 13.6. The number of rotatable bonds is 10. The number of nitrogens with one attached hydrogen (secondary N) is 2. The first-order chi connectivity index (χ1) is 12.6. The largest absolute Gasteiger partial charge is 0.444 e. The van der Waals surface area contributed by atoms with Gasteiger partial charge in [-0.3, -0.25) is 10.1 Å². The van der Waals surface area contributed by atoms with Crippen molar-refractivity contribution in [3.63, 3.8) is 0 Å². The highest BCUT2D eigenvalue weighted by Crippen LogP contribution is 2.15. The van der Waals surface area contributed by atoms with Crippen LogP contribution in [-0.2, 0) is 9.53 Å². The Kier molecular flexibility index (Phi) is 9.62. The fourth-order valence-corrected chi connectivity index (χ4v) is 2.48. The molecule has 0 radical (unpaired) electrons. The van der Waals surface area contributed by atoms with Gasteiger partial charge in [0.15, 0.2) is 5.78 Å². The van der Waals surface area contributed by atoms with Gasteiger partial charge in [-0.1, -0.05) is 0 Å². The second-order valence-corrected chi connectivity index (χ2v) is 7.30. The molecule has 0 aromatic carbocycles. The van der Waals surface area contributed by atoms with Crippen LogP contribution in [0, 0.1) is 5.95 Å². The fraction of sp³-hybridized carbons (Fsp3) is 0.611. The first-order valence-corrected chi connectivity index (χ1v) is 9.27. The van der Waals surface area contributed by atoms with E-state index in [4.69, 9.17) is 16.3 Å². The maximum atomic E-state index is 13.6. The van der Waals surface area contributed by atoms with Crippen LogP contribution < -0.4 is 10.6 Å². The van der Waals surface area contributed by atoms with Crippen molar-refractivity contribution < 1.29 is 23.8 Å². The maximum Gasteiger partial charge on any atom is 0.407 e. The number of Topliss-reactive ketones (excluding diaryl/α,β-unsaturated/α-hetero) is 1. The van der Waals surface area contributed by atoms with Gasteiger partial charge in [-0.2, -0.15) is 4.39 Å². The van der Waals surface area contributed by atoms with E-state index in [0.717, 1.165) is 0 Å². The Morgan fingerprint density at radius 2 is 2.07 bits per heavy atom. The summed E-state index contributed by atoms with van der Waals surface area (Å²) in [6.45, 7) is 5.71. The van der Waals surface area contributed by atoms with Crippen molar-refractivity contribution >= 4 is 23.5 Å². The Bertz CT molecular complexity index is 625. The van der Waals surface area contributed by atoms with Crippen LogP contribution in [0.25, 0.3) is 0 Å². The molecule has 9 heteroatoms. The minimum absolute atomic E-state index is 0.0449. The van der Waals surface area contributed by atoms with E-state index in [2.05, 4.69) is 15.6 Å². The number of ether oxygens (including phenoxy) is 1. The quantitative estimate of drug-likeness (QED) is 0.240. The zero-order valence-corrected chi connectivity index (χ0v) is 16.6. The number of aliphatic hydroxyl groups is 1. The van der Waals surface area contributed by atoms with Gasteiger partial charge in [0.05, 0.1) is 17.5 Å². The number of alkyl carbamates (subject to hydrolysis) is 1. The summed E-state index contributed by atoms with van der Waals surface area (Å²) < 4.78 is 18.8. The molecular weight excluding hydrogens is 377 g/mol. The molecule has 1 amide bonds. The molecule has 0 saturated heterocycles. The fourth-order valence-electron chi connectivity index (χ4n) is 2.29. The first-order valence-electron chi connectivity index (χ1n) is 8.74. The summed E-state index contributed by atoms with van der Waals surface area (Å²) in [6, 6.07) is 2.13. The summed E-state index contributed by atoms with van der Waals surface area (Å²) in [6.07, 6.45) is 0.945. The van der Waals surface area contributed by atoms with Crippen molar-refractivity contribution in [1.82, 2.24) is 15.6 Å². The molecule has 152 valence electrons. The Labute approximate surface area is 163 Å². The Hall–Kier alpha value is -1.77. The van der Waals surface area contributed by atoms with Crippen LogP contribution in [0.2, 0.25) is 0 Å². The van der Waals surface area contributed by atoms with Crippen molar-refractivity contribution in [2.75, 3.05) is 12.4 Å². The van der Waals surface area contributed by atoms with Gasteiger partial charge < -0.3 is 15.2 Å². The van der Waals surface area contributed by atoms with Gasteiger partial charge in [0.25, 0.3) is 0 Å². The highest BCUT2D eigenvalue weighted by atomic mass is 35.5. The molecule has 0 aliphatic heterocycles. The van der Waals surface area contributed by atoms with Crippen LogP contribution in [0.15, 0.2) is 18.3 Å². The second-order valence-electron chi connectivity index (χ2n) is 7.03. The molecule has 2 atom stereocenters. The minimum atomic E-state index is -1.38. The number of nitrogens with zero attached hydrogens (tertiary/aromatic N) is 1. The number of amides is 1. The van der Waals surface area contributed by atoms with Crippen LogP contribution in [0.5, 0.6) is 0 Å². The molecule has 3 N–H and O–H groups in total. The van der Waals surface area contributed by atoms with Crippen LogP contribution in [0.4, 0.5) is 9.18 Å². The van der Waals surface area contributed by atoms with Gasteiger partial charge in [-0.05, 0) is 52.2 Å². The lowest BCUT2D eigenvalue weighted by Gasteiger charge is -2.21. The lowest BCUT2D eigenvalue weighted by molar-refractivity contribution is -0.119. The van der Waals surface area contributed by atoms with Crippen molar-refractivity contribution in [3.05, 3.63) is 29.8 Å². The van der Waals surface area contributed by atoms with E-state index in [0.29, 0.717) is 25.8 Å². The van der Waals surface area contributed by atoms with Crippen LogP contribution in [0.1, 0.15) is 51.8 Å². The Morgan fingerprint density at radius 1 is 1.37 bits per heavy atom. The van der Waals surface area contributed by atoms with E-state index >= 15 is 0 Å². The number of hydrogen-bond donors (Lipinski definition) is 3. The zero-order valence-electron chi connectivity index (χ0n) is 15.8. The lowest BCUT2D eigenvalue weighted by atomic mass is 10.1. The molecule has 0 bridgehead atoms. The molecule has 0 spiro atoms. The summed E-state index contributed by atoms with van der Waals surface area (Å²) in [5.74, 6) is -1.34. The molecule has 0 aliphatic carbocycles. The third-order valence-electron chi connectivity index (χ3n) is 3.55. The normalized spacial score (nSPS) is 13.7. The Balaban J connectivity index is 2.46. The highest BCUT2D eigenvalue weighted by molar-refractivity contribution is 6.28. The number of hydrogen-bond acceptors (Lipinski definition) is 6. The molecular formula is C18H27ClFN3O4. The van der Waals surface area contributed by atoms with E-state index in [-0.39, 0.29) is 17.2 Å². The molecule has 0 aliphatic rings. The van der Waals surface area contributed by atoms with E-state index in [9.17, 15) is 19.1 Å². The molecule has 27 heavy (non-hydrogen) atoms. The van der Waals surface area contributed by atoms with Crippen molar-refractivity contribution in [2.45, 2.75) is 57.9 Å². The molecule has 7 nitrogen and oxygen atoms in total. The van der Waals surface area contributed by atoms with Crippen molar-refractivity contribution in [1.29, 1.82) is 0 Å². The summed E-state index contributed by atoms with van der Waals surface area (Å²) in [5, 5.41) is 15.5. The number of pyridine rings is 1. The molecule has 1 aromatic rings. The van der Waals surface area contributed by atoms with Crippen molar-refractivity contribution in [2.24, 2.45) is 0 Å². The minimum Gasteiger partial charge on any atom is -0.444 e. The van der Waals surface area contributed by atoms with Gasteiger partial charge in [0.2, 0.25) is 5.95 Å². The van der Waals surface area contributed by atoms with Gasteiger partial charge >= 0.3 is 6.09 Å². The van der Waals surface area contributed by atoms with Crippen LogP contribution in [-0.4, -0.2) is 46.0 Å². The van der Waals surface area contributed by atoms with Gasteiger partial charge in [-0.25, -0.2) is 9.78 Å². The van der Waals surface area contributed by atoms with E-state index in [1.54, 1.807) is 20.8 Å². The molecule has 1 rings (SSSR count). The third kappa shape index (κ3) is 9.12. The number of ketones is 1. The Morgan fingerprint density at radius 3 is 2.67 bits per heavy atom.